The largest absolute Gasteiger partial charge is 0.297 e. The summed E-state index contributed by atoms with van der Waals surface area (Å²) in [6.07, 6.45) is 13.7. The van der Waals surface area contributed by atoms with Crippen LogP contribution in [0, 0.1) is 23.7 Å². The summed E-state index contributed by atoms with van der Waals surface area (Å²) in [5, 5.41) is 19.1. The van der Waals surface area contributed by atoms with Gasteiger partial charge in [-0.05, 0) is 182 Å². The third-order valence-electron chi connectivity index (χ3n) is 17.3. The third-order valence-corrected chi connectivity index (χ3v) is 17.3. The Morgan fingerprint density at radius 3 is 2.47 bits per heavy atom. The first-order valence-electron chi connectivity index (χ1n) is 19.3. The van der Waals surface area contributed by atoms with E-state index in [0.29, 0.717) is 35.6 Å². The SMILES string of the molecule is CN1CC23C=C4CC5C=C6Cc7cc8c9c%10c%11c%12c%13c(c%14c2c4c2c(c4c(c6c7c9c4%11)C25)c%14%12)C(=CC2CC(C8)C%10C=%132)C3C1c1ccccc1. The molecule has 7 aromatic rings. The van der Waals surface area contributed by atoms with Gasteiger partial charge in [0.1, 0.15) is 0 Å². The summed E-state index contributed by atoms with van der Waals surface area (Å²) in [5.41, 5.74) is 24.3. The zero-order chi connectivity index (χ0) is 30.5. The Bertz CT molecular complexity index is 3240. The van der Waals surface area contributed by atoms with E-state index in [4.69, 9.17) is 0 Å². The smallest absolute Gasteiger partial charge is 0.0426 e. The summed E-state index contributed by atoms with van der Waals surface area (Å²) in [4.78, 5) is 2.78. The third kappa shape index (κ3) is 1.71. The molecule has 1 saturated carbocycles. The molecule has 1 aliphatic heterocycles. The van der Waals surface area contributed by atoms with Gasteiger partial charge in [0.15, 0.2) is 0 Å². The van der Waals surface area contributed by atoms with Crippen molar-refractivity contribution in [3.8, 4) is 0 Å². The molecule has 1 nitrogen and oxygen atoms in total. The van der Waals surface area contributed by atoms with Crippen molar-refractivity contribution >= 4 is 76.2 Å². The van der Waals surface area contributed by atoms with E-state index in [2.05, 4.69) is 66.6 Å². The van der Waals surface area contributed by atoms with E-state index in [9.17, 15) is 0 Å². The van der Waals surface area contributed by atoms with Crippen LogP contribution >= 0.6 is 0 Å². The van der Waals surface area contributed by atoms with Crippen LogP contribution in [-0.4, -0.2) is 18.5 Å². The first-order valence-corrected chi connectivity index (χ1v) is 19.3. The standard InChI is InChI=1S/C48H29N/c1-49-15-48-14-23-12-21-10-18-7-17-8-20-9-19-11-22-13-24(45(48)47(49)16-5-3-2-4-6-16)32-37-28(22)27(19)34-29(20)33-25(17)26(18)35-30(21)36-31(23)46(48)44(32)43-41(36)39(35)38(33)40(34)42(37)43/h2-6,8,10,13-14,19,21-22,27,30,45,47H,7,9,11-12,15H2,1H3. The predicted molar refractivity (Wildman–Crippen MR) is 198 cm³/mol. The van der Waals surface area contributed by atoms with Gasteiger partial charge in [-0.15, -0.1) is 0 Å². The Balaban J connectivity index is 1.19. The minimum Gasteiger partial charge on any atom is -0.297 e. The summed E-state index contributed by atoms with van der Waals surface area (Å²) in [6.45, 7) is 1.13. The molecular weight excluding hydrogens is 591 g/mol. The molecule has 18 rings (SSSR count). The Morgan fingerprint density at radius 2 is 1.55 bits per heavy atom. The fourth-order valence-electron chi connectivity index (χ4n) is 16.8. The van der Waals surface area contributed by atoms with E-state index in [-0.39, 0.29) is 5.41 Å². The lowest BCUT2D eigenvalue weighted by Gasteiger charge is -2.42. The molecule has 11 aliphatic rings. The second kappa shape index (κ2) is 6.01. The number of benzene rings is 5. The van der Waals surface area contributed by atoms with Gasteiger partial charge in [-0.2, -0.15) is 0 Å². The molecular formula is C48H29N. The topological polar surface area (TPSA) is 3.24 Å². The monoisotopic (exact) mass is 619 g/mol. The molecule has 7 aromatic carbocycles. The van der Waals surface area contributed by atoms with Gasteiger partial charge < -0.3 is 0 Å². The van der Waals surface area contributed by atoms with Gasteiger partial charge in [0.05, 0.1) is 0 Å². The molecule has 49 heavy (non-hydrogen) atoms. The van der Waals surface area contributed by atoms with Crippen LogP contribution in [0.1, 0.15) is 86.4 Å². The number of fused-ring (bicyclic) bond motifs is 1. The zero-order valence-electron chi connectivity index (χ0n) is 27.2. The number of hydrogen-bond acceptors (Lipinski definition) is 1. The van der Waals surface area contributed by atoms with Crippen molar-refractivity contribution in [1.82, 2.24) is 4.90 Å². The van der Waals surface area contributed by atoms with E-state index in [1.54, 1.807) is 120 Å². The number of likely N-dealkylation sites (N-methyl/N-ethyl adjacent to an activating group) is 1. The molecule has 1 saturated heterocycles. The summed E-state index contributed by atoms with van der Waals surface area (Å²) in [7, 11) is 2.46. The van der Waals surface area contributed by atoms with Crippen molar-refractivity contribution < 1.29 is 0 Å². The summed E-state index contributed by atoms with van der Waals surface area (Å²) < 4.78 is 0. The van der Waals surface area contributed by atoms with Gasteiger partial charge in [0.2, 0.25) is 0 Å². The van der Waals surface area contributed by atoms with Crippen LogP contribution in [0.5, 0.6) is 0 Å². The van der Waals surface area contributed by atoms with Crippen LogP contribution < -0.4 is 5.22 Å². The highest BCUT2D eigenvalue weighted by atomic mass is 15.2. The van der Waals surface area contributed by atoms with Gasteiger partial charge in [-0.3, -0.25) is 4.90 Å². The van der Waals surface area contributed by atoms with E-state index < -0.39 is 0 Å². The first-order chi connectivity index (χ1) is 24.2. The highest BCUT2D eigenvalue weighted by molar-refractivity contribution is 6.47. The van der Waals surface area contributed by atoms with Crippen LogP contribution in [0.25, 0.3) is 76.2 Å². The maximum atomic E-state index is 2.92. The Hall–Kier alpha value is -4.46. The maximum Gasteiger partial charge on any atom is 0.0426 e. The predicted octanol–water partition coefficient (Wildman–Crippen LogP) is 9.25. The number of rotatable bonds is 1. The quantitative estimate of drug-likeness (QED) is 0.166. The molecule has 0 bridgehead atoms. The average molecular weight is 620 g/mol. The van der Waals surface area contributed by atoms with Crippen molar-refractivity contribution in [1.29, 1.82) is 0 Å². The molecule has 8 atom stereocenters. The van der Waals surface area contributed by atoms with Crippen molar-refractivity contribution in [2.45, 2.75) is 49.0 Å². The summed E-state index contributed by atoms with van der Waals surface area (Å²) in [5.74, 6) is 3.55. The second-order valence-corrected chi connectivity index (χ2v) is 18.6. The van der Waals surface area contributed by atoms with Crippen molar-refractivity contribution in [3.05, 3.63) is 115 Å². The van der Waals surface area contributed by atoms with Crippen LogP contribution in [0.4, 0.5) is 0 Å². The fourth-order valence-corrected chi connectivity index (χ4v) is 16.8. The van der Waals surface area contributed by atoms with Crippen LogP contribution in [0.2, 0.25) is 0 Å². The molecule has 0 radical (unpaired) electrons. The summed E-state index contributed by atoms with van der Waals surface area (Å²) >= 11 is 0. The Kier molecular flexibility index (Phi) is 2.73. The second-order valence-electron chi connectivity index (χ2n) is 18.6. The van der Waals surface area contributed by atoms with Crippen LogP contribution in [-0.2, 0) is 18.3 Å². The van der Waals surface area contributed by atoms with E-state index in [1.165, 1.54) is 24.8 Å². The molecule has 1 spiro atoms. The van der Waals surface area contributed by atoms with Crippen molar-refractivity contribution in [3.63, 3.8) is 0 Å². The Morgan fingerprint density at radius 1 is 0.714 bits per heavy atom. The van der Waals surface area contributed by atoms with Crippen molar-refractivity contribution in [2.24, 2.45) is 23.7 Å². The molecule has 226 valence electrons. The van der Waals surface area contributed by atoms with Gasteiger partial charge in [0, 0.05) is 41.7 Å². The van der Waals surface area contributed by atoms with E-state index >= 15 is 0 Å². The minimum atomic E-state index is 0.0501. The lowest BCUT2D eigenvalue weighted by atomic mass is 9.60. The Labute approximate surface area is 281 Å². The lowest BCUT2D eigenvalue weighted by Crippen LogP contribution is -2.38. The zero-order valence-corrected chi connectivity index (χ0v) is 27.2. The molecule has 1 heterocycles. The number of nitrogens with zero attached hydrogens (tertiary/aromatic N) is 1. The molecule has 8 unspecified atom stereocenters. The molecule has 2 fully saturated rings. The fraction of sp³-hybridized carbons (Fsp3) is 0.292. The molecule has 10 aliphatic carbocycles. The van der Waals surface area contributed by atoms with Gasteiger partial charge >= 0.3 is 0 Å². The van der Waals surface area contributed by atoms with Gasteiger partial charge in [-0.1, -0.05) is 54.6 Å². The van der Waals surface area contributed by atoms with E-state index in [0.717, 1.165) is 18.9 Å². The highest BCUT2D eigenvalue weighted by Crippen LogP contribution is 2.75. The van der Waals surface area contributed by atoms with E-state index in [1.807, 2.05) is 11.1 Å². The molecule has 1 heteroatoms. The first kappa shape index (κ1) is 22.3. The summed E-state index contributed by atoms with van der Waals surface area (Å²) in [6, 6.07) is 14.8. The van der Waals surface area contributed by atoms with Gasteiger partial charge in [-0.25, -0.2) is 0 Å². The normalized spacial score (nSPS) is 35.6. The maximum absolute atomic E-state index is 2.92. The number of allylic oxidation sites excluding steroid dienone is 4. The van der Waals surface area contributed by atoms with Crippen LogP contribution in [0.15, 0.2) is 54.6 Å². The van der Waals surface area contributed by atoms with Crippen LogP contribution in [0.3, 0.4) is 0 Å². The molecule has 0 N–H and O–H groups in total. The van der Waals surface area contributed by atoms with Crippen molar-refractivity contribution in [2.75, 3.05) is 13.6 Å². The number of hydrogen-bond donors (Lipinski definition) is 0. The highest BCUT2D eigenvalue weighted by Gasteiger charge is 2.64. The van der Waals surface area contributed by atoms with Gasteiger partial charge in [0.25, 0.3) is 0 Å². The molecule has 0 aromatic heterocycles. The number of likely N-dealkylation sites (tertiary alicyclic amines) is 1. The average Bonchev–Trinajstić information content (AvgIpc) is 3.95. The lowest BCUT2D eigenvalue weighted by molar-refractivity contribution is 0.299. The molecule has 0 amide bonds. The minimum absolute atomic E-state index is 0.0501.